The zero-order valence-electron chi connectivity index (χ0n) is 14.7. The average Bonchev–Trinajstić information content (AvgIpc) is 2.57. The van der Waals surface area contributed by atoms with E-state index in [9.17, 15) is 25.9 Å². The molecule has 2 unspecified atom stereocenters. The summed E-state index contributed by atoms with van der Waals surface area (Å²) in [6.07, 6.45) is 0.634. The maximum absolute atomic E-state index is 11.5. The molecule has 0 amide bonds. The molecular weight excluding hydrogens is 536 g/mol. The van der Waals surface area contributed by atoms with E-state index in [4.69, 9.17) is 0 Å². The molecule has 0 saturated carbocycles. The van der Waals surface area contributed by atoms with Crippen molar-refractivity contribution in [3.05, 3.63) is 68.6 Å². The monoisotopic (exact) mass is 554 g/mol. The summed E-state index contributed by atoms with van der Waals surface area (Å²) < 4.78 is 66.2. The molecule has 0 heterocycles. The normalized spacial score (nSPS) is 14.6. The molecular formula is C18H20Br2O6S2. The molecule has 2 atom stereocenters. The first-order valence-electron chi connectivity index (χ1n) is 8.34. The summed E-state index contributed by atoms with van der Waals surface area (Å²) in [6, 6.07) is 14.1. The fraction of sp³-hybridized carbons (Fsp3) is 0.333. The SMILES string of the molecule is O=S(=O)(O)CC(CCC(CS(=O)(=O)O)c1ccc(Br)cc1)c1ccc(Br)cc1. The molecule has 6 nitrogen and oxygen atoms in total. The Bertz CT molecular complexity index is 904. The van der Waals surface area contributed by atoms with Gasteiger partial charge in [0.1, 0.15) is 0 Å². The minimum atomic E-state index is -4.22. The fourth-order valence-electron chi connectivity index (χ4n) is 3.07. The molecule has 2 aromatic carbocycles. The lowest BCUT2D eigenvalue weighted by molar-refractivity contribution is 0.460. The van der Waals surface area contributed by atoms with Crippen LogP contribution in [0.3, 0.4) is 0 Å². The molecule has 0 aliphatic rings. The zero-order valence-corrected chi connectivity index (χ0v) is 19.5. The minimum absolute atomic E-state index is 0.317. The van der Waals surface area contributed by atoms with Crippen molar-refractivity contribution in [1.29, 1.82) is 0 Å². The van der Waals surface area contributed by atoms with Crippen LogP contribution in [0.4, 0.5) is 0 Å². The standard InChI is InChI=1S/C18H20Br2O6S2/c19-17-7-3-13(4-8-17)15(11-27(21,22)23)1-2-16(12-28(24,25)26)14-5-9-18(20)10-6-14/h3-10,15-16H,1-2,11-12H2,(H,21,22,23)(H,24,25,26). The van der Waals surface area contributed by atoms with Gasteiger partial charge in [0.2, 0.25) is 0 Å². The van der Waals surface area contributed by atoms with Crippen molar-refractivity contribution in [2.45, 2.75) is 24.7 Å². The first-order chi connectivity index (χ1) is 12.9. The van der Waals surface area contributed by atoms with Crippen LogP contribution in [0.5, 0.6) is 0 Å². The Labute approximate surface area is 182 Å². The van der Waals surface area contributed by atoms with Gasteiger partial charge in [0.15, 0.2) is 0 Å². The van der Waals surface area contributed by atoms with Crippen LogP contribution in [-0.2, 0) is 20.2 Å². The van der Waals surface area contributed by atoms with E-state index in [1.807, 2.05) is 0 Å². The van der Waals surface area contributed by atoms with Gasteiger partial charge in [-0.15, -0.1) is 0 Å². The molecule has 0 aromatic heterocycles. The third-order valence-electron chi connectivity index (χ3n) is 4.37. The number of rotatable bonds is 9. The Morgan fingerprint density at radius 1 is 0.643 bits per heavy atom. The van der Waals surface area contributed by atoms with Crippen molar-refractivity contribution in [3.8, 4) is 0 Å². The van der Waals surface area contributed by atoms with Gasteiger partial charge in [-0.3, -0.25) is 9.11 Å². The van der Waals surface area contributed by atoms with Gasteiger partial charge in [0.05, 0.1) is 11.5 Å². The second-order valence-electron chi connectivity index (χ2n) is 6.57. The molecule has 0 radical (unpaired) electrons. The van der Waals surface area contributed by atoms with Crippen LogP contribution in [0, 0.1) is 0 Å². The largest absolute Gasteiger partial charge is 0.286 e. The molecule has 2 aromatic rings. The third kappa shape index (κ3) is 8.30. The summed E-state index contributed by atoms with van der Waals surface area (Å²) in [5, 5.41) is 0. The molecule has 28 heavy (non-hydrogen) atoms. The van der Waals surface area contributed by atoms with Gasteiger partial charge in [-0.2, -0.15) is 16.8 Å². The summed E-state index contributed by atoms with van der Waals surface area (Å²) in [5.74, 6) is -1.95. The number of hydrogen-bond donors (Lipinski definition) is 2. The van der Waals surface area contributed by atoms with Crippen LogP contribution in [0.1, 0.15) is 35.8 Å². The quantitative estimate of drug-likeness (QED) is 0.436. The van der Waals surface area contributed by atoms with E-state index < -0.39 is 43.6 Å². The van der Waals surface area contributed by atoms with Gasteiger partial charge in [-0.25, -0.2) is 0 Å². The number of hydrogen-bond acceptors (Lipinski definition) is 4. The summed E-state index contributed by atoms with van der Waals surface area (Å²) in [5.41, 5.74) is 1.45. The number of halogens is 2. The van der Waals surface area contributed by atoms with E-state index in [1.165, 1.54) is 0 Å². The van der Waals surface area contributed by atoms with Crippen molar-refractivity contribution in [3.63, 3.8) is 0 Å². The molecule has 0 fully saturated rings. The highest BCUT2D eigenvalue weighted by Crippen LogP contribution is 2.31. The Balaban J connectivity index is 2.26. The third-order valence-corrected chi connectivity index (χ3v) is 7.07. The summed E-state index contributed by atoms with van der Waals surface area (Å²) in [6.45, 7) is 0. The van der Waals surface area contributed by atoms with Crippen LogP contribution in [0.15, 0.2) is 57.5 Å². The first kappa shape index (κ1) is 23.5. The summed E-state index contributed by atoms with van der Waals surface area (Å²) >= 11 is 6.64. The van der Waals surface area contributed by atoms with Gasteiger partial charge < -0.3 is 0 Å². The van der Waals surface area contributed by atoms with E-state index in [2.05, 4.69) is 31.9 Å². The van der Waals surface area contributed by atoms with E-state index in [1.54, 1.807) is 48.5 Å². The molecule has 154 valence electrons. The Kier molecular flexibility index (Phi) is 8.24. The average molecular weight is 556 g/mol. The topological polar surface area (TPSA) is 109 Å². The second kappa shape index (κ2) is 9.82. The van der Waals surface area contributed by atoms with Crippen molar-refractivity contribution in [2.75, 3.05) is 11.5 Å². The van der Waals surface area contributed by atoms with Crippen LogP contribution < -0.4 is 0 Å². The molecule has 0 aliphatic carbocycles. The van der Waals surface area contributed by atoms with Crippen molar-refractivity contribution >= 4 is 52.1 Å². The van der Waals surface area contributed by atoms with Gasteiger partial charge in [0.25, 0.3) is 20.2 Å². The Morgan fingerprint density at radius 2 is 0.929 bits per heavy atom. The fourth-order valence-corrected chi connectivity index (χ4v) is 5.34. The molecule has 10 heteroatoms. The summed E-state index contributed by atoms with van der Waals surface area (Å²) in [7, 11) is -8.44. The molecule has 0 bridgehead atoms. The van der Waals surface area contributed by atoms with Crippen molar-refractivity contribution in [1.82, 2.24) is 0 Å². The van der Waals surface area contributed by atoms with E-state index in [0.29, 0.717) is 12.8 Å². The van der Waals surface area contributed by atoms with Gasteiger partial charge in [0, 0.05) is 20.8 Å². The highest BCUT2D eigenvalue weighted by Gasteiger charge is 2.24. The maximum Gasteiger partial charge on any atom is 0.265 e. The molecule has 2 rings (SSSR count). The Hall–Kier alpha value is -0.780. The number of benzene rings is 2. The first-order valence-corrected chi connectivity index (χ1v) is 13.1. The molecule has 0 aliphatic heterocycles. The predicted molar refractivity (Wildman–Crippen MR) is 116 cm³/mol. The van der Waals surface area contributed by atoms with Crippen molar-refractivity contribution < 1.29 is 25.9 Å². The van der Waals surface area contributed by atoms with E-state index >= 15 is 0 Å². The maximum atomic E-state index is 11.5. The van der Waals surface area contributed by atoms with Crippen LogP contribution in [-0.4, -0.2) is 37.4 Å². The lowest BCUT2D eigenvalue weighted by atomic mass is 9.89. The molecule has 0 saturated heterocycles. The molecule has 2 N–H and O–H groups in total. The smallest absolute Gasteiger partial charge is 0.265 e. The lowest BCUT2D eigenvalue weighted by Crippen LogP contribution is -2.18. The van der Waals surface area contributed by atoms with E-state index in [0.717, 1.165) is 20.1 Å². The van der Waals surface area contributed by atoms with Gasteiger partial charge >= 0.3 is 0 Å². The predicted octanol–water partition coefficient (Wildman–Crippen LogP) is 4.63. The second-order valence-corrected chi connectivity index (χ2v) is 11.4. The Morgan fingerprint density at radius 3 is 1.18 bits per heavy atom. The highest BCUT2D eigenvalue weighted by atomic mass is 79.9. The highest BCUT2D eigenvalue weighted by molar-refractivity contribution is 9.10. The van der Waals surface area contributed by atoms with Crippen LogP contribution in [0.2, 0.25) is 0 Å². The van der Waals surface area contributed by atoms with Crippen molar-refractivity contribution in [2.24, 2.45) is 0 Å². The minimum Gasteiger partial charge on any atom is -0.286 e. The van der Waals surface area contributed by atoms with E-state index in [-0.39, 0.29) is 0 Å². The zero-order chi connectivity index (χ0) is 20.9. The van der Waals surface area contributed by atoms with Gasteiger partial charge in [-0.05, 0) is 48.2 Å². The lowest BCUT2D eigenvalue weighted by Gasteiger charge is -2.21. The van der Waals surface area contributed by atoms with Gasteiger partial charge in [-0.1, -0.05) is 56.1 Å². The summed E-state index contributed by atoms with van der Waals surface area (Å²) in [4.78, 5) is 0. The van der Waals surface area contributed by atoms with Crippen LogP contribution in [0.25, 0.3) is 0 Å². The molecule has 0 spiro atoms. The van der Waals surface area contributed by atoms with Crippen LogP contribution >= 0.6 is 31.9 Å².